The topological polar surface area (TPSA) is 29.5 Å². The standard InChI is InChI=1S/C21H24BrNO2/c1-15(2)11-13-25-20-10-9-17(14-18(20)22)21(24)23-12-5-7-16-6-3-4-8-19(16)23/h3-4,6,8-10,14-15H,5,7,11-13H2,1-2H3. The second-order valence-corrected chi connectivity index (χ2v) is 7.72. The number of benzene rings is 2. The Labute approximate surface area is 158 Å². The Bertz CT molecular complexity index is 757. The fourth-order valence-corrected chi connectivity index (χ4v) is 3.55. The minimum Gasteiger partial charge on any atom is -0.492 e. The van der Waals surface area contributed by atoms with Gasteiger partial charge in [0, 0.05) is 17.8 Å². The van der Waals surface area contributed by atoms with Crippen molar-refractivity contribution in [3.05, 3.63) is 58.1 Å². The van der Waals surface area contributed by atoms with Crippen molar-refractivity contribution in [2.24, 2.45) is 5.92 Å². The molecule has 1 aliphatic heterocycles. The predicted octanol–water partition coefficient (Wildman–Crippen LogP) is 5.47. The van der Waals surface area contributed by atoms with Gasteiger partial charge in [-0.1, -0.05) is 32.0 Å². The maximum absolute atomic E-state index is 13.0. The minimum atomic E-state index is 0.0431. The van der Waals surface area contributed by atoms with Crippen LogP contribution in [0.3, 0.4) is 0 Å². The summed E-state index contributed by atoms with van der Waals surface area (Å²) in [6.45, 7) is 5.80. The Kier molecular flexibility index (Phi) is 5.79. The SMILES string of the molecule is CC(C)CCOc1ccc(C(=O)N2CCCc3ccccc32)cc1Br. The lowest BCUT2D eigenvalue weighted by molar-refractivity contribution is 0.0985. The minimum absolute atomic E-state index is 0.0431. The third kappa shape index (κ3) is 4.24. The fourth-order valence-electron chi connectivity index (χ4n) is 3.06. The van der Waals surface area contributed by atoms with E-state index in [1.165, 1.54) is 5.56 Å². The number of amides is 1. The molecule has 0 aromatic heterocycles. The summed E-state index contributed by atoms with van der Waals surface area (Å²) in [4.78, 5) is 14.9. The molecule has 3 nitrogen and oxygen atoms in total. The average Bonchev–Trinajstić information content (AvgIpc) is 2.61. The van der Waals surface area contributed by atoms with Crippen molar-refractivity contribution in [3.8, 4) is 5.75 Å². The molecular formula is C21H24BrNO2. The summed E-state index contributed by atoms with van der Waals surface area (Å²) in [6.07, 6.45) is 3.05. The number of para-hydroxylation sites is 1. The van der Waals surface area contributed by atoms with E-state index in [4.69, 9.17) is 4.74 Å². The monoisotopic (exact) mass is 401 g/mol. The van der Waals surface area contributed by atoms with Crippen LogP contribution in [-0.4, -0.2) is 19.1 Å². The number of ether oxygens (including phenoxy) is 1. The van der Waals surface area contributed by atoms with E-state index in [1.54, 1.807) is 0 Å². The molecule has 0 radical (unpaired) electrons. The fraction of sp³-hybridized carbons (Fsp3) is 0.381. The van der Waals surface area contributed by atoms with Gasteiger partial charge in [-0.25, -0.2) is 0 Å². The quantitative estimate of drug-likeness (QED) is 0.664. The summed E-state index contributed by atoms with van der Waals surface area (Å²) in [5.74, 6) is 1.44. The lowest BCUT2D eigenvalue weighted by atomic mass is 10.0. The van der Waals surface area contributed by atoms with Crippen LogP contribution in [0.5, 0.6) is 5.75 Å². The molecule has 0 spiro atoms. The molecule has 25 heavy (non-hydrogen) atoms. The molecule has 0 N–H and O–H groups in total. The van der Waals surface area contributed by atoms with Gasteiger partial charge in [0.2, 0.25) is 0 Å². The number of anilines is 1. The molecule has 1 amide bonds. The molecule has 1 aliphatic rings. The number of rotatable bonds is 5. The summed E-state index contributed by atoms with van der Waals surface area (Å²) in [7, 11) is 0. The molecule has 0 saturated heterocycles. The number of aryl methyl sites for hydroxylation is 1. The molecule has 4 heteroatoms. The highest BCUT2D eigenvalue weighted by molar-refractivity contribution is 9.10. The molecule has 1 heterocycles. The molecule has 0 saturated carbocycles. The third-order valence-electron chi connectivity index (χ3n) is 4.49. The number of carbonyl (C=O) groups is 1. The Morgan fingerprint density at radius 3 is 2.80 bits per heavy atom. The third-order valence-corrected chi connectivity index (χ3v) is 5.11. The van der Waals surface area contributed by atoms with Crippen LogP contribution in [0.25, 0.3) is 0 Å². The first-order valence-electron chi connectivity index (χ1n) is 8.88. The Balaban J connectivity index is 1.76. The zero-order valence-corrected chi connectivity index (χ0v) is 16.4. The number of hydrogen-bond acceptors (Lipinski definition) is 2. The summed E-state index contributed by atoms with van der Waals surface area (Å²) in [5.41, 5.74) is 2.96. The zero-order chi connectivity index (χ0) is 17.8. The number of hydrogen-bond donors (Lipinski definition) is 0. The van der Waals surface area contributed by atoms with Crippen LogP contribution in [-0.2, 0) is 6.42 Å². The molecule has 0 aliphatic carbocycles. The van der Waals surface area contributed by atoms with Gasteiger partial charge in [-0.2, -0.15) is 0 Å². The Morgan fingerprint density at radius 2 is 2.04 bits per heavy atom. The molecular weight excluding hydrogens is 378 g/mol. The average molecular weight is 402 g/mol. The highest BCUT2D eigenvalue weighted by Crippen LogP contribution is 2.31. The lowest BCUT2D eigenvalue weighted by Gasteiger charge is -2.29. The van der Waals surface area contributed by atoms with Gasteiger partial charge in [0.1, 0.15) is 5.75 Å². The van der Waals surface area contributed by atoms with Crippen LogP contribution in [0.1, 0.15) is 42.6 Å². The van der Waals surface area contributed by atoms with Gasteiger partial charge in [0.15, 0.2) is 0 Å². The van der Waals surface area contributed by atoms with Gasteiger partial charge < -0.3 is 9.64 Å². The van der Waals surface area contributed by atoms with Crippen molar-refractivity contribution in [3.63, 3.8) is 0 Å². The molecule has 2 aromatic carbocycles. The van der Waals surface area contributed by atoms with E-state index in [9.17, 15) is 4.79 Å². The van der Waals surface area contributed by atoms with E-state index in [-0.39, 0.29) is 5.91 Å². The highest BCUT2D eigenvalue weighted by Gasteiger charge is 2.23. The van der Waals surface area contributed by atoms with Crippen LogP contribution >= 0.6 is 15.9 Å². The summed E-state index contributed by atoms with van der Waals surface area (Å²) < 4.78 is 6.64. The Hall–Kier alpha value is -1.81. The maximum Gasteiger partial charge on any atom is 0.258 e. The van der Waals surface area contributed by atoms with Crippen LogP contribution in [0.4, 0.5) is 5.69 Å². The normalized spacial score (nSPS) is 13.7. The summed E-state index contributed by atoms with van der Waals surface area (Å²) >= 11 is 3.54. The van der Waals surface area contributed by atoms with E-state index in [2.05, 4.69) is 35.8 Å². The van der Waals surface area contributed by atoms with E-state index >= 15 is 0 Å². The molecule has 2 aromatic rings. The predicted molar refractivity (Wildman–Crippen MR) is 106 cm³/mol. The van der Waals surface area contributed by atoms with Crippen LogP contribution in [0, 0.1) is 5.92 Å². The second kappa shape index (κ2) is 8.05. The first-order valence-corrected chi connectivity index (χ1v) is 9.67. The van der Waals surface area contributed by atoms with Crippen molar-refractivity contribution in [2.75, 3.05) is 18.1 Å². The number of fused-ring (bicyclic) bond motifs is 1. The van der Waals surface area contributed by atoms with E-state index in [1.807, 2.05) is 41.3 Å². The van der Waals surface area contributed by atoms with Crippen molar-refractivity contribution in [1.82, 2.24) is 0 Å². The first-order chi connectivity index (χ1) is 12.1. The second-order valence-electron chi connectivity index (χ2n) is 6.87. The van der Waals surface area contributed by atoms with E-state index in [0.717, 1.165) is 41.7 Å². The van der Waals surface area contributed by atoms with Crippen molar-refractivity contribution < 1.29 is 9.53 Å². The molecule has 3 rings (SSSR count). The van der Waals surface area contributed by atoms with Crippen molar-refractivity contribution in [1.29, 1.82) is 0 Å². The molecule has 0 fully saturated rings. The van der Waals surface area contributed by atoms with Gasteiger partial charge in [-0.3, -0.25) is 4.79 Å². The smallest absolute Gasteiger partial charge is 0.258 e. The van der Waals surface area contributed by atoms with Crippen molar-refractivity contribution in [2.45, 2.75) is 33.1 Å². The summed E-state index contributed by atoms with van der Waals surface area (Å²) in [5, 5.41) is 0. The molecule has 132 valence electrons. The van der Waals surface area contributed by atoms with Gasteiger partial charge in [0.05, 0.1) is 11.1 Å². The zero-order valence-electron chi connectivity index (χ0n) is 14.8. The molecule has 0 unspecified atom stereocenters. The van der Waals surface area contributed by atoms with Crippen LogP contribution in [0.15, 0.2) is 46.9 Å². The Morgan fingerprint density at radius 1 is 1.24 bits per heavy atom. The summed E-state index contributed by atoms with van der Waals surface area (Å²) in [6, 6.07) is 13.8. The number of nitrogens with zero attached hydrogens (tertiary/aromatic N) is 1. The maximum atomic E-state index is 13.0. The van der Waals surface area contributed by atoms with E-state index < -0.39 is 0 Å². The molecule has 0 bridgehead atoms. The van der Waals surface area contributed by atoms with Gasteiger partial charge in [-0.15, -0.1) is 0 Å². The first kappa shape index (κ1) is 18.0. The van der Waals surface area contributed by atoms with E-state index in [0.29, 0.717) is 18.1 Å². The van der Waals surface area contributed by atoms with Gasteiger partial charge in [0.25, 0.3) is 5.91 Å². The highest BCUT2D eigenvalue weighted by atomic mass is 79.9. The van der Waals surface area contributed by atoms with Gasteiger partial charge in [-0.05, 0) is 70.9 Å². The largest absolute Gasteiger partial charge is 0.492 e. The van der Waals surface area contributed by atoms with Crippen LogP contribution < -0.4 is 9.64 Å². The lowest BCUT2D eigenvalue weighted by Crippen LogP contribution is -2.35. The number of carbonyl (C=O) groups excluding carboxylic acids is 1. The van der Waals surface area contributed by atoms with Crippen molar-refractivity contribution >= 4 is 27.5 Å². The number of halogens is 1. The molecule has 0 atom stereocenters. The van der Waals surface area contributed by atoms with Crippen LogP contribution in [0.2, 0.25) is 0 Å². The van der Waals surface area contributed by atoms with Gasteiger partial charge >= 0.3 is 0 Å².